The van der Waals surface area contributed by atoms with E-state index in [4.69, 9.17) is 0 Å². The first-order valence-corrected chi connectivity index (χ1v) is 8.19. The van der Waals surface area contributed by atoms with Gasteiger partial charge in [-0.15, -0.1) is 0 Å². The molecule has 0 radical (unpaired) electrons. The second-order valence-corrected chi connectivity index (χ2v) is 6.76. The summed E-state index contributed by atoms with van der Waals surface area (Å²) < 4.78 is 26.8. The molecule has 0 aliphatic heterocycles. The predicted molar refractivity (Wildman–Crippen MR) is 87.1 cm³/mol. The lowest BCUT2D eigenvalue weighted by Gasteiger charge is -2.21. The number of carbonyl (C=O) groups excluding carboxylic acids is 1. The van der Waals surface area contributed by atoms with Crippen LogP contribution in [0.1, 0.15) is 12.5 Å². The zero-order valence-electron chi connectivity index (χ0n) is 12.4. The summed E-state index contributed by atoms with van der Waals surface area (Å²) in [6.07, 6.45) is 1.96. The van der Waals surface area contributed by atoms with Crippen LogP contribution in [0.5, 0.6) is 0 Å². The largest absolute Gasteiger partial charge is 0.298 e. The van der Waals surface area contributed by atoms with Crippen LogP contribution >= 0.6 is 0 Å². The number of sulfonamides is 1. The summed E-state index contributed by atoms with van der Waals surface area (Å²) in [5, 5.41) is 0. The average molecular weight is 315 g/mol. The van der Waals surface area contributed by atoms with E-state index in [1.807, 2.05) is 6.92 Å². The molecular weight excluding hydrogens is 298 g/mol. The number of hydrogen-bond donors (Lipinski definition) is 0. The van der Waals surface area contributed by atoms with Gasteiger partial charge in [-0.3, -0.25) is 4.79 Å². The first-order valence-electron chi connectivity index (χ1n) is 6.75. The molecule has 2 rings (SSSR count). The van der Waals surface area contributed by atoms with Gasteiger partial charge in [0.1, 0.15) is 6.29 Å². The Hall–Kier alpha value is -2.40. The first kappa shape index (κ1) is 16.0. The van der Waals surface area contributed by atoms with E-state index >= 15 is 0 Å². The second kappa shape index (κ2) is 6.58. The van der Waals surface area contributed by atoms with Gasteiger partial charge in [-0.2, -0.15) is 0 Å². The van der Waals surface area contributed by atoms with Crippen molar-refractivity contribution in [3.05, 3.63) is 71.9 Å². The molecule has 0 aliphatic rings. The quantitative estimate of drug-likeness (QED) is 0.628. The minimum Gasteiger partial charge on any atom is -0.298 e. The number of aldehydes is 1. The van der Waals surface area contributed by atoms with Crippen LogP contribution in [-0.4, -0.2) is 14.7 Å². The molecule has 0 spiro atoms. The van der Waals surface area contributed by atoms with Gasteiger partial charge < -0.3 is 0 Å². The molecule has 0 aromatic heterocycles. The van der Waals surface area contributed by atoms with Crippen LogP contribution in [0, 0.1) is 6.92 Å². The van der Waals surface area contributed by atoms with Crippen molar-refractivity contribution < 1.29 is 13.2 Å². The molecule has 0 saturated heterocycles. The van der Waals surface area contributed by atoms with E-state index in [1.54, 1.807) is 61.5 Å². The molecule has 0 saturated carbocycles. The average Bonchev–Trinajstić information content (AvgIpc) is 2.53. The Kier molecular flexibility index (Phi) is 4.78. The van der Waals surface area contributed by atoms with Crippen molar-refractivity contribution in [1.29, 1.82) is 0 Å². The summed E-state index contributed by atoms with van der Waals surface area (Å²) in [7, 11) is -3.78. The number of aryl methyl sites for hydroxylation is 1. The summed E-state index contributed by atoms with van der Waals surface area (Å²) in [5.41, 5.74) is 1.77. The molecule has 0 atom stereocenters. The molecule has 4 nitrogen and oxygen atoms in total. The molecule has 0 bridgehead atoms. The van der Waals surface area contributed by atoms with Crippen LogP contribution < -0.4 is 4.31 Å². The lowest BCUT2D eigenvalue weighted by molar-refractivity contribution is -0.104. The van der Waals surface area contributed by atoms with Crippen LogP contribution in [0.15, 0.2) is 71.3 Å². The van der Waals surface area contributed by atoms with Crippen molar-refractivity contribution in [2.75, 3.05) is 4.31 Å². The van der Waals surface area contributed by atoms with E-state index in [9.17, 15) is 13.2 Å². The smallest absolute Gasteiger partial charge is 0.268 e. The molecule has 0 fully saturated rings. The molecule has 114 valence electrons. The van der Waals surface area contributed by atoms with Gasteiger partial charge in [-0.1, -0.05) is 35.9 Å². The van der Waals surface area contributed by atoms with Crippen molar-refractivity contribution in [1.82, 2.24) is 0 Å². The van der Waals surface area contributed by atoms with Gasteiger partial charge in [0.15, 0.2) is 0 Å². The second-order valence-electron chi connectivity index (χ2n) is 4.94. The maximum atomic E-state index is 12.9. The number of para-hydroxylation sites is 1. The van der Waals surface area contributed by atoms with Gasteiger partial charge in [-0.05, 0) is 38.1 Å². The number of anilines is 1. The molecule has 0 aliphatic carbocycles. The van der Waals surface area contributed by atoms with Crippen molar-refractivity contribution in [2.45, 2.75) is 18.7 Å². The number of rotatable bonds is 5. The zero-order chi connectivity index (χ0) is 16.2. The predicted octanol–water partition coefficient (Wildman–Crippen LogP) is 3.29. The van der Waals surface area contributed by atoms with Gasteiger partial charge in [0, 0.05) is 11.8 Å². The first-order chi connectivity index (χ1) is 10.4. The van der Waals surface area contributed by atoms with Gasteiger partial charge in [0.2, 0.25) is 0 Å². The maximum absolute atomic E-state index is 12.9. The number of benzene rings is 2. The topological polar surface area (TPSA) is 54.5 Å². The van der Waals surface area contributed by atoms with Gasteiger partial charge in [0.25, 0.3) is 10.0 Å². The summed E-state index contributed by atoms with van der Waals surface area (Å²) in [5.74, 6) is 0. The van der Waals surface area contributed by atoms with E-state index in [-0.39, 0.29) is 4.90 Å². The third kappa shape index (κ3) is 3.43. The van der Waals surface area contributed by atoms with E-state index < -0.39 is 10.0 Å². The molecule has 22 heavy (non-hydrogen) atoms. The van der Waals surface area contributed by atoms with Crippen molar-refractivity contribution >= 4 is 22.0 Å². The Morgan fingerprint density at radius 2 is 1.59 bits per heavy atom. The van der Waals surface area contributed by atoms with Crippen molar-refractivity contribution in [3.8, 4) is 0 Å². The zero-order valence-corrected chi connectivity index (χ0v) is 13.2. The number of nitrogens with zero attached hydrogens (tertiary/aromatic N) is 1. The van der Waals surface area contributed by atoms with E-state index in [0.717, 1.165) is 9.87 Å². The highest BCUT2D eigenvalue weighted by atomic mass is 32.2. The van der Waals surface area contributed by atoms with E-state index in [2.05, 4.69) is 0 Å². The van der Waals surface area contributed by atoms with Gasteiger partial charge in [0.05, 0.1) is 10.6 Å². The minimum atomic E-state index is -3.78. The monoisotopic (exact) mass is 315 g/mol. The number of carbonyl (C=O) groups is 1. The Bertz CT molecular complexity index is 778. The number of allylic oxidation sites excluding steroid dienone is 1. The van der Waals surface area contributed by atoms with Crippen LogP contribution in [-0.2, 0) is 14.8 Å². The molecule has 2 aromatic carbocycles. The van der Waals surface area contributed by atoms with Gasteiger partial charge >= 0.3 is 0 Å². The van der Waals surface area contributed by atoms with E-state index in [0.29, 0.717) is 17.5 Å². The molecule has 2 aromatic rings. The normalized spacial score (nSPS) is 12.0. The van der Waals surface area contributed by atoms with Gasteiger partial charge in [-0.25, -0.2) is 12.7 Å². The van der Waals surface area contributed by atoms with E-state index in [1.165, 1.54) is 6.20 Å². The molecule has 0 heterocycles. The van der Waals surface area contributed by atoms with Crippen LogP contribution in [0.25, 0.3) is 0 Å². The Morgan fingerprint density at radius 3 is 2.14 bits per heavy atom. The van der Waals surface area contributed by atoms with Crippen LogP contribution in [0.4, 0.5) is 5.69 Å². The van der Waals surface area contributed by atoms with Crippen molar-refractivity contribution in [3.63, 3.8) is 0 Å². The SMILES string of the molecule is C/C(C=O)=C\N(c1ccccc1)S(=O)(=O)c1ccc(C)cc1. The minimum absolute atomic E-state index is 0.178. The number of hydrogen-bond acceptors (Lipinski definition) is 3. The highest BCUT2D eigenvalue weighted by Crippen LogP contribution is 2.24. The molecule has 0 amide bonds. The summed E-state index contributed by atoms with van der Waals surface area (Å²) in [6, 6.07) is 15.3. The fraction of sp³-hybridized carbons (Fsp3) is 0.118. The molecular formula is C17H17NO3S. The summed E-state index contributed by atoms with van der Waals surface area (Å²) in [4.78, 5) is 11.1. The summed E-state index contributed by atoms with van der Waals surface area (Å²) >= 11 is 0. The summed E-state index contributed by atoms with van der Waals surface area (Å²) in [6.45, 7) is 3.45. The van der Waals surface area contributed by atoms with Crippen molar-refractivity contribution in [2.24, 2.45) is 0 Å². The Balaban J connectivity index is 2.58. The highest BCUT2D eigenvalue weighted by molar-refractivity contribution is 7.93. The molecule has 0 N–H and O–H groups in total. The third-order valence-corrected chi connectivity index (χ3v) is 4.80. The fourth-order valence-corrected chi connectivity index (χ4v) is 3.31. The standard InChI is InChI=1S/C17H17NO3S/c1-14-8-10-17(11-9-14)22(20,21)18(12-15(2)13-19)16-6-4-3-5-7-16/h3-13H,1-2H3/b15-12+. The maximum Gasteiger partial charge on any atom is 0.268 e. The molecule has 0 unspecified atom stereocenters. The Labute approximate surface area is 130 Å². The van der Waals surface area contributed by atoms with Crippen LogP contribution in [0.3, 0.4) is 0 Å². The van der Waals surface area contributed by atoms with Crippen LogP contribution in [0.2, 0.25) is 0 Å². The highest BCUT2D eigenvalue weighted by Gasteiger charge is 2.23. The fourth-order valence-electron chi connectivity index (χ4n) is 1.90. The lowest BCUT2D eigenvalue weighted by Crippen LogP contribution is -2.26. The molecule has 5 heteroatoms. The lowest BCUT2D eigenvalue weighted by atomic mass is 10.2. The Morgan fingerprint density at radius 1 is 1.00 bits per heavy atom. The third-order valence-electron chi connectivity index (χ3n) is 3.10.